The van der Waals surface area contributed by atoms with Crippen molar-refractivity contribution in [1.29, 1.82) is 0 Å². The number of hydrogen-bond donors (Lipinski definition) is 1. The van der Waals surface area contributed by atoms with Gasteiger partial charge in [-0.1, -0.05) is 18.2 Å². The summed E-state index contributed by atoms with van der Waals surface area (Å²) in [6.45, 7) is 2.86. The van der Waals surface area contributed by atoms with Gasteiger partial charge in [0.05, 0.1) is 0 Å². The van der Waals surface area contributed by atoms with E-state index in [4.69, 9.17) is 4.74 Å². The standard InChI is InChI=1S/C16H18N4O2/c1-10-5-4-6-11-9-12(22-14(10)11)15(21)17-16-19-18-13-7-2-3-8-20(13)16/h4-6,12H,2-3,7-9H2,1H3,(H,17,19,21). The topological polar surface area (TPSA) is 69.0 Å². The number of amides is 1. The van der Waals surface area contributed by atoms with E-state index in [1.807, 2.05) is 29.7 Å². The zero-order chi connectivity index (χ0) is 15.1. The molecule has 0 radical (unpaired) electrons. The van der Waals surface area contributed by atoms with Crippen LogP contribution in [0.4, 0.5) is 5.95 Å². The summed E-state index contributed by atoms with van der Waals surface area (Å²) in [6, 6.07) is 6.00. The molecule has 6 nitrogen and oxygen atoms in total. The van der Waals surface area contributed by atoms with Gasteiger partial charge in [-0.15, -0.1) is 10.2 Å². The third-order valence-electron chi connectivity index (χ3n) is 4.35. The van der Waals surface area contributed by atoms with Gasteiger partial charge in [0.25, 0.3) is 5.91 Å². The molecule has 0 saturated heterocycles. The van der Waals surface area contributed by atoms with Gasteiger partial charge in [0.15, 0.2) is 6.10 Å². The van der Waals surface area contributed by atoms with E-state index in [0.717, 1.165) is 48.5 Å². The lowest BCUT2D eigenvalue weighted by Gasteiger charge is -2.16. The lowest BCUT2D eigenvalue weighted by Crippen LogP contribution is -2.32. The predicted octanol–water partition coefficient (Wildman–Crippen LogP) is 1.87. The van der Waals surface area contributed by atoms with Crippen LogP contribution in [0.15, 0.2) is 18.2 Å². The van der Waals surface area contributed by atoms with Gasteiger partial charge in [0, 0.05) is 19.4 Å². The summed E-state index contributed by atoms with van der Waals surface area (Å²) in [6.07, 6.45) is 3.26. The van der Waals surface area contributed by atoms with Crippen LogP contribution < -0.4 is 10.1 Å². The second kappa shape index (κ2) is 5.12. The zero-order valence-corrected chi connectivity index (χ0v) is 12.5. The van der Waals surface area contributed by atoms with E-state index in [-0.39, 0.29) is 5.91 Å². The van der Waals surface area contributed by atoms with E-state index in [0.29, 0.717) is 12.4 Å². The summed E-state index contributed by atoms with van der Waals surface area (Å²) in [5.74, 6) is 2.17. The molecule has 1 unspecified atom stereocenters. The summed E-state index contributed by atoms with van der Waals surface area (Å²) in [5, 5.41) is 11.1. The van der Waals surface area contributed by atoms with Gasteiger partial charge in [0.1, 0.15) is 11.6 Å². The number of benzene rings is 1. The Balaban J connectivity index is 1.50. The van der Waals surface area contributed by atoms with Crippen LogP contribution in [0.3, 0.4) is 0 Å². The summed E-state index contributed by atoms with van der Waals surface area (Å²) in [7, 11) is 0. The average Bonchev–Trinajstić information content (AvgIpc) is 3.13. The van der Waals surface area contributed by atoms with Crippen LogP contribution in [0.1, 0.15) is 29.8 Å². The highest BCUT2D eigenvalue weighted by Crippen LogP contribution is 2.32. The monoisotopic (exact) mass is 298 g/mol. The molecular formula is C16H18N4O2. The third kappa shape index (κ3) is 2.15. The number of hydrogen-bond acceptors (Lipinski definition) is 4. The Hall–Kier alpha value is -2.37. The van der Waals surface area contributed by atoms with Crippen LogP contribution in [0, 0.1) is 6.92 Å². The quantitative estimate of drug-likeness (QED) is 0.919. The van der Waals surface area contributed by atoms with Crippen molar-refractivity contribution in [2.45, 2.75) is 45.3 Å². The molecule has 0 fully saturated rings. The normalized spacial score (nSPS) is 19.2. The summed E-state index contributed by atoms with van der Waals surface area (Å²) < 4.78 is 7.82. The SMILES string of the molecule is Cc1cccc2c1OC(C(=O)Nc1nnc3n1CCCC3)C2. The van der Waals surface area contributed by atoms with Gasteiger partial charge >= 0.3 is 0 Å². The minimum absolute atomic E-state index is 0.156. The molecule has 0 spiro atoms. The fourth-order valence-electron chi connectivity index (χ4n) is 3.16. The van der Waals surface area contributed by atoms with E-state index in [1.165, 1.54) is 0 Å². The van der Waals surface area contributed by atoms with E-state index in [2.05, 4.69) is 15.5 Å². The maximum Gasteiger partial charge on any atom is 0.268 e. The van der Waals surface area contributed by atoms with Crippen LogP contribution in [-0.2, 0) is 24.2 Å². The van der Waals surface area contributed by atoms with Gasteiger partial charge in [0.2, 0.25) is 5.95 Å². The van der Waals surface area contributed by atoms with Crippen LogP contribution in [0.2, 0.25) is 0 Å². The molecular weight excluding hydrogens is 280 g/mol. The first-order valence-electron chi connectivity index (χ1n) is 7.70. The number of anilines is 1. The molecule has 2 aliphatic heterocycles. The molecule has 1 amide bonds. The molecule has 22 heavy (non-hydrogen) atoms. The molecule has 0 saturated carbocycles. The Morgan fingerprint density at radius 3 is 3.14 bits per heavy atom. The van der Waals surface area contributed by atoms with Crippen LogP contribution in [-0.4, -0.2) is 26.8 Å². The molecule has 2 aromatic rings. The van der Waals surface area contributed by atoms with Gasteiger partial charge in [-0.05, 0) is 30.9 Å². The Kier molecular flexibility index (Phi) is 3.10. The molecule has 114 valence electrons. The second-order valence-corrected chi connectivity index (χ2v) is 5.91. The maximum absolute atomic E-state index is 12.5. The van der Waals surface area contributed by atoms with Gasteiger partial charge in [-0.3, -0.25) is 14.7 Å². The highest BCUT2D eigenvalue weighted by molar-refractivity contribution is 5.93. The van der Waals surface area contributed by atoms with Crippen molar-refractivity contribution in [2.24, 2.45) is 0 Å². The number of rotatable bonds is 2. The third-order valence-corrected chi connectivity index (χ3v) is 4.35. The number of carbonyl (C=O) groups excluding carboxylic acids is 1. The Bertz CT molecular complexity index is 738. The number of aromatic nitrogens is 3. The number of ether oxygens (including phenoxy) is 1. The van der Waals surface area contributed by atoms with Crippen molar-refractivity contribution in [3.05, 3.63) is 35.2 Å². The van der Waals surface area contributed by atoms with Crippen molar-refractivity contribution in [3.8, 4) is 5.75 Å². The van der Waals surface area contributed by atoms with Crippen LogP contribution >= 0.6 is 0 Å². The molecule has 2 aliphatic rings. The Labute approximate surface area is 128 Å². The lowest BCUT2D eigenvalue weighted by atomic mass is 10.1. The number of fused-ring (bicyclic) bond motifs is 2. The lowest BCUT2D eigenvalue weighted by molar-refractivity contribution is -0.122. The predicted molar refractivity (Wildman–Crippen MR) is 80.9 cm³/mol. The van der Waals surface area contributed by atoms with Crippen molar-refractivity contribution in [3.63, 3.8) is 0 Å². The fraction of sp³-hybridized carbons (Fsp3) is 0.438. The number of carbonyl (C=O) groups is 1. The van der Waals surface area contributed by atoms with Crippen LogP contribution in [0.25, 0.3) is 0 Å². The molecule has 1 atom stereocenters. The van der Waals surface area contributed by atoms with Gasteiger partial charge in [-0.25, -0.2) is 0 Å². The molecule has 0 bridgehead atoms. The fourth-order valence-corrected chi connectivity index (χ4v) is 3.16. The largest absolute Gasteiger partial charge is 0.480 e. The van der Waals surface area contributed by atoms with Crippen molar-refractivity contribution >= 4 is 11.9 Å². The molecule has 4 rings (SSSR count). The number of para-hydroxylation sites is 1. The first kappa shape index (κ1) is 13.3. The van der Waals surface area contributed by atoms with Crippen molar-refractivity contribution < 1.29 is 9.53 Å². The molecule has 1 aromatic heterocycles. The minimum Gasteiger partial charge on any atom is -0.480 e. The number of nitrogens with one attached hydrogen (secondary N) is 1. The first-order chi connectivity index (χ1) is 10.7. The smallest absolute Gasteiger partial charge is 0.268 e. The van der Waals surface area contributed by atoms with E-state index >= 15 is 0 Å². The van der Waals surface area contributed by atoms with Crippen molar-refractivity contribution in [2.75, 3.05) is 5.32 Å². The van der Waals surface area contributed by atoms with Crippen LogP contribution in [0.5, 0.6) is 5.75 Å². The summed E-state index contributed by atoms with van der Waals surface area (Å²) in [4.78, 5) is 12.5. The first-order valence-corrected chi connectivity index (χ1v) is 7.70. The summed E-state index contributed by atoms with van der Waals surface area (Å²) >= 11 is 0. The minimum atomic E-state index is -0.493. The number of nitrogens with zero attached hydrogens (tertiary/aromatic N) is 3. The number of aryl methyl sites for hydroxylation is 2. The van der Waals surface area contributed by atoms with Gasteiger partial charge < -0.3 is 4.74 Å². The molecule has 1 aromatic carbocycles. The Morgan fingerprint density at radius 2 is 2.27 bits per heavy atom. The van der Waals surface area contributed by atoms with E-state index < -0.39 is 6.10 Å². The maximum atomic E-state index is 12.5. The van der Waals surface area contributed by atoms with Gasteiger partial charge in [-0.2, -0.15) is 0 Å². The molecule has 6 heteroatoms. The second-order valence-electron chi connectivity index (χ2n) is 5.91. The zero-order valence-electron chi connectivity index (χ0n) is 12.5. The molecule has 3 heterocycles. The molecule has 1 N–H and O–H groups in total. The summed E-state index contributed by atoms with van der Waals surface area (Å²) in [5.41, 5.74) is 2.15. The average molecular weight is 298 g/mol. The van der Waals surface area contributed by atoms with E-state index in [1.54, 1.807) is 0 Å². The van der Waals surface area contributed by atoms with E-state index in [9.17, 15) is 4.79 Å². The highest BCUT2D eigenvalue weighted by Gasteiger charge is 2.31. The van der Waals surface area contributed by atoms with Crippen molar-refractivity contribution in [1.82, 2.24) is 14.8 Å². The highest BCUT2D eigenvalue weighted by atomic mass is 16.5. The molecule has 0 aliphatic carbocycles. The Morgan fingerprint density at radius 1 is 1.36 bits per heavy atom.